The fraction of sp³-hybridized carbons (Fsp3) is 0.676. The summed E-state index contributed by atoms with van der Waals surface area (Å²) in [5, 5.41) is 24.0. The van der Waals surface area contributed by atoms with Gasteiger partial charge in [-0.2, -0.15) is 0 Å². The van der Waals surface area contributed by atoms with Crippen LogP contribution in [0.3, 0.4) is 0 Å². The van der Waals surface area contributed by atoms with Crippen LogP contribution in [0.4, 0.5) is 0 Å². The minimum Gasteiger partial charge on any atom is -0.480 e. The number of unbranched alkanes of at least 4 members (excludes halogenated alkanes) is 2. The van der Waals surface area contributed by atoms with E-state index in [2.05, 4.69) is 41.9 Å². The van der Waals surface area contributed by atoms with Crippen molar-refractivity contribution in [2.75, 3.05) is 19.6 Å². The first kappa shape index (κ1) is 47.9. The van der Waals surface area contributed by atoms with Gasteiger partial charge in [0, 0.05) is 24.7 Å². The van der Waals surface area contributed by atoms with E-state index < -0.39 is 90.1 Å². The van der Waals surface area contributed by atoms with Gasteiger partial charge in [-0.25, -0.2) is 4.98 Å². The van der Waals surface area contributed by atoms with Gasteiger partial charge in [0.25, 0.3) is 0 Å². The molecule has 1 aromatic rings. The molecule has 310 valence electrons. The van der Waals surface area contributed by atoms with Gasteiger partial charge in [-0.05, 0) is 70.9 Å². The minimum absolute atomic E-state index is 0.0927. The molecule has 16 N–H and O–H groups in total. The third-order valence-electron chi connectivity index (χ3n) is 8.81. The highest BCUT2D eigenvalue weighted by Crippen LogP contribution is 2.10. The maximum atomic E-state index is 13.9. The van der Waals surface area contributed by atoms with E-state index in [0.29, 0.717) is 50.9 Å². The molecular formula is C34H60N12O9. The molecule has 1 aromatic heterocycles. The van der Waals surface area contributed by atoms with Gasteiger partial charge in [0.2, 0.25) is 41.4 Å². The number of nitrogens with two attached hydrogens (primary N) is 4. The number of aromatic nitrogens is 2. The molecular weight excluding hydrogens is 720 g/mol. The second kappa shape index (κ2) is 25.8. The molecule has 0 fully saturated rings. The first-order valence-electron chi connectivity index (χ1n) is 18.5. The van der Waals surface area contributed by atoms with Crippen LogP contribution in [0.15, 0.2) is 12.5 Å². The summed E-state index contributed by atoms with van der Waals surface area (Å²) in [6.07, 6.45) is 4.88. The molecule has 0 aliphatic rings. The van der Waals surface area contributed by atoms with E-state index in [9.17, 15) is 38.4 Å². The van der Waals surface area contributed by atoms with Crippen molar-refractivity contribution in [1.82, 2.24) is 41.9 Å². The summed E-state index contributed by atoms with van der Waals surface area (Å²) in [5.74, 6) is -6.67. The molecule has 7 atom stereocenters. The van der Waals surface area contributed by atoms with E-state index >= 15 is 0 Å². The summed E-state index contributed by atoms with van der Waals surface area (Å²) in [6.45, 7) is 4.92. The second-order valence-electron chi connectivity index (χ2n) is 13.4. The van der Waals surface area contributed by atoms with Gasteiger partial charge in [-0.1, -0.05) is 20.3 Å². The molecule has 1 rings (SSSR count). The van der Waals surface area contributed by atoms with E-state index in [1.807, 2.05) is 6.92 Å². The van der Waals surface area contributed by atoms with Crippen LogP contribution < -0.4 is 54.8 Å². The highest BCUT2D eigenvalue weighted by molar-refractivity contribution is 5.97. The lowest BCUT2D eigenvalue weighted by molar-refractivity contribution is -0.138. The molecule has 0 spiro atoms. The maximum absolute atomic E-state index is 13.9. The van der Waals surface area contributed by atoms with E-state index in [0.717, 1.165) is 0 Å². The van der Waals surface area contributed by atoms with Crippen molar-refractivity contribution in [2.45, 2.75) is 121 Å². The Labute approximate surface area is 320 Å². The molecule has 0 unspecified atom stereocenters. The number of aromatic amines is 1. The number of rotatable bonds is 28. The Kier molecular flexibility index (Phi) is 22.5. The van der Waals surface area contributed by atoms with Gasteiger partial charge in [0.15, 0.2) is 0 Å². The Morgan fingerprint density at radius 1 is 0.727 bits per heavy atom. The molecule has 1 heterocycles. The zero-order valence-corrected chi connectivity index (χ0v) is 31.9. The number of hydrogen-bond donors (Lipinski definition) is 12. The van der Waals surface area contributed by atoms with Gasteiger partial charge >= 0.3 is 5.97 Å². The topological polar surface area (TPSA) is 362 Å². The number of carbonyl (C=O) groups excluding carboxylic acids is 7. The number of hydrogen-bond acceptors (Lipinski definition) is 12. The van der Waals surface area contributed by atoms with Gasteiger partial charge in [-0.15, -0.1) is 0 Å². The monoisotopic (exact) mass is 780 g/mol. The second-order valence-corrected chi connectivity index (χ2v) is 13.4. The van der Waals surface area contributed by atoms with E-state index in [1.54, 1.807) is 6.92 Å². The third-order valence-corrected chi connectivity index (χ3v) is 8.81. The molecule has 7 amide bonds. The first-order chi connectivity index (χ1) is 26.0. The molecule has 0 bridgehead atoms. The summed E-state index contributed by atoms with van der Waals surface area (Å²) >= 11 is 0. The van der Waals surface area contributed by atoms with Crippen molar-refractivity contribution in [3.63, 3.8) is 0 Å². The van der Waals surface area contributed by atoms with Crippen molar-refractivity contribution in [3.8, 4) is 0 Å². The van der Waals surface area contributed by atoms with Crippen molar-refractivity contribution in [3.05, 3.63) is 18.2 Å². The van der Waals surface area contributed by atoms with Crippen molar-refractivity contribution >= 4 is 47.3 Å². The predicted octanol–water partition coefficient (Wildman–Crippen LogP) is -3.51. The highest BCUT2D eigenvalue weighted by Gasteiger charge is 2.33. The van der Waals surface area contributed by atoms with Crippen LogP contribution in [0.1, 0.15) is 84.3 Å². The van der Waals surface area contributed by atoms with Gasteiger partial charge in [0.05, 0.1) is 12.4 Å². The molecule has 0 saturated carbocycles. The number of nitrogens with zero attached hydrogens (tertiary/aromatic N) is 1. The molecule has 0 aliphatic heterocycles. The van der Waals surface area contributed by atoms with Crippen LogP contribution in [0, 0.1) is 5.92 Å². The van der Waals surface area contributed by atoms with Crippen LogP contribution in [-0.2, 0) is 44.8 Å². The van der Waals surface area contributed by atoms with Crippen LogP contribution >= 0.6 is 0 Å². The summed E-state index contributed by atoms with van der Waals surface area (Å²) in [5.41, 5.74) is 23.1. The predicted molar refractivity (Wildman–Crippen MR) is 200 cm³/mol. The Morgan fingerprint density at radius 3 is 1.69 bits per heavy atom. The van der Waals surface area contributed by atoms with Crippen LogP contribution in [0.5, 0.6) is 0 Å². The Balaban J connectivity index is 3.34. The molecule has 21 heteroatoms. The lowest BCUT2D eigenvalue weighted by Gasteiger charge is -2.27. The number of carbonyl (C=O) groups is 8. The zero-order valence-electron chi connectivity index (χ0n) is 31.9. The molecule has 0 saturated heterocycles. The smallest absolute Gasteiger partial charge is 0.322 e. The van der Waals surface area contributed by atoms with Crippen molar-refractivity contribution < 1.29 is 43.5 Å². The van der Waals surface area contributed by atoms with Crippen molar-refractivity contribution in [2.24, 2.45) is 28.9 Å². The van der Waals surface area contributed by atoms with Crippen LogP contribution in [0.25, 0.3) is 0 Å². The molecule has 55 heavy (non-hydrogen) atoms. The number of aliphatic carboxylic acids is 1. The van der Waals surface area contributed by atoms with E-state index in [4.69, 9.17) is 28.0 Å². The summed E-state index contributed by atoms with van der Waals surface area (Å²) in [4.78, 5) is 109. The third kappa shape index (κ3) is 18.6. The minimum atomic E-state index is -1.33. The average Bonchev–Trinajstić information content (AvgIpc) is 3.66. The van der Waals surface area contributed by atoms with Crippen LogP contribution in [-0.4, -0.2) is 118 Å². The largest absolute Gasteiger partial charge is 0.480 e. The Morgan fingerprint density at radius 2 is 1.22 bits per heavy atom. The number of imidazole rings is 1. The molecule has 0 radical (unpaired) electrons. The number of H-pyrrole nitrogens is 1. The number of primary amides is 1. The quantitative estimate of drug-likeness (QED) is 0.0368. The number of carboxylic acid groups (broad SMARTS) is 1. The van der Waals surface area contributed by atoms with Crippen molar-refractivity contribution in [1.29, 1.82) is 0 Å². The molecule has 0 aliphatic carbocycles. The molecule has 21 nitrogen and oxygen atoms in total. The number of amides is 7. The maximum Gasteiger partial charge on any atom is 0.322 e. The normalized spacial score (nSPS) is 14.8. The van der Waals surface area contributed by atoms with E-state index in [1.165, 1.54) is 19.4 Å². The summed E-state index contributed by atoms with van der Waals surface area (Å²) in [7, 11) is 0. The zero-order chi connectivity index (χ0) is 41.5. The van der Waals surface area contributed by atoms with Gasteiger partial charge in [-0.3, -0.25) is 38.4 Å². The summed E-state index contributed by atoms with van der Waals surface area (Å²) < 4.78 is 0. The standard InChI is InChI=1S/C34H60N12O9/c1-4-19(2)28(38)34(55)45-24(11-12-26(37)47)32(53)46-25(15-21-16-39-18-41-21)33(54)44-23(10-6-8-14-36)31(52)43-22(9-5-7-13-35)30(51)42-20(3)29(50)40-17-27(48)49/h16,18-20,22-25,28H,4-15,17,35-36,38H2,1-3H3,(H2,37,47)(H,39,41)(H,40,50)(H,42,51)(H,43,52)(H,44,54)(H,45,55)(H,46,53)(H,48,49)/t19-,20-,22-,23-,24-,25-,28-/m0/s1. The van der Waals surface area contributed by atoms with Crippen LogP contribution in [0.2, 0.25) is 0 Å². The number of carboxylic acids is 1. The Hall–Kier alpha value is -5.15. The fourth-order valence-corrected chi connectivity index (χ4v) is 5.20. The molecule has 0 aromatic carbocycles. The van der Waals surface area contributed by atoms with E-state index in [-0.39, 0.29) is 38.0 Å². The summed E-state index contributed by atoms with van der Waals surface area (Å²) in [6, 6.07) is -7.11. The highest BCUT2D eigenvalue weighted by atomic mass is 16.4. The first-order valence-corrected chi connectivity index (χ1v) is 18.5. The lowest BCUT2D eigenvalue weighted by atomic mass is 9.98. The van der Waals surface area contributed by atoms with Gasteiger partial charge in [0.1, 0.15) is 36.8 Å². The number of nitrogens with one attached hydrogen (secondary N) is 7. The van der Waals surface area contributed by atoms with Gasteiger partial charge < -0.3 is 64.9 Å². The SMILES string of the molecule is CC[C@H](C)[C@H](N)C(=O)N[C@@H](CCC(N)=O)C(=O)N[C@@H](Cc1cnc[nH]1)C(=O)N[C@@H](CCCCN)C(=O)N[C@@H](CCCCN)C(=O)N[C@@H](C)C(=O)NCC(=O)O. The Bertz CT molecular complexity index is 1410. The lowest BCUT2D eigenvalue weighted by Crippen LogP contribution is -2.60. The average molecular weight is 781 g/mol. The fourth-order valence-electron chi connectivity index (χ4n) is 5.20.